The minimum atomic E-state index is -4.42. The van der Waals surface area contributed by atoms with Gasteiger partial charge in [0.05, 0.1) is 17.2 Å². The van der Waals surface area contributed by atoms with Crippen LogP contribution in [0.3, 0.4) is 0 Å². The lowest BCUT2D eigenvalue weighted by Crippen LogP contribution is -2.04. The highest BCUT2D eigenvalue weighted by molar-refractivity contribution is 5.73. The zero-order valence-electron chi connectivity index (χ0n) is 11.7. The summed E-state index contributed by atoms with van der Waals surface area (Å²) in [5.41, 5.74) is 0.333. The normalized spacial score (nSPS) is 11.2. The summed E-state index contributed by atoms with van der Waals surface area (Å²) in [5.74, 6) is 0.239. The second kappa shape index (κ2) is 6.79. The van der Waals surface area contributed by atoms with E-state index in [9.17, 15) is 18.0 Å². The van der Waals surface area contributed by atoms with Crippen molar-refractivity contribution in [1.29, 1.82) is 5.26 Å². The summed E-state index contributed by atoms with van der Waals surface area (Å²) in [4.78, 5) is 10.3. The van der Waals surface area contributed by atoms with E-state index >= 15 is 0 Å². The molecule has 116 valence electrons. The molecule has 0 fully saturated rings. The molecule has 0 atom stereocenters. The molecule has 0 unspecified atom stereocenters. The molecule has 0 amide bonds. The van der Waals surface area contributed by atoms with Crippen molar-refractivity contribution < 1.29 is 22.7 Å². The molecular formula is C17H10F3NO2. The van der Waals surface area contributed by atoms with Crippen molar-refractivity contribution in [1.82, 2.24) is 0 Å². The lowest BCUT2D eigenvalue weighted by atomic mass is 10.1. The van der Waals surface area contributed by atoms with Crippen LogP contribution in [-0.2, 0) is 11.0 Å². The third kappa shape index (κ3) is 4.20. The SMILES string of the molecule is N#Cc1ccc(OC=O)cc1/C=C/c1cccc(C(F)(F)F)c1. The number of hydrogen-bond donors (Lipinski definition) is 0. The van der Waals surface area contributed by atoms with Crippen molar-refractivity contribution in [2.45, 2.75) is 6.18 Å². The van der Waals surface area contributed by atoms with Gasteiger partial charge in [-0.2, -0.15) is 18.4 Å². The Morgan fingerprint density at radius 2 is 1.87 bits per heavy atom. The van der Waals surface area contributed by atoms with Gasteiger partial charge in [-0.3, -0.25) is 4.79 Å². The molecule has 0 aromatic heterocycles. The van der Waals surface area contributed by atoms with Crippen LogP contribution in [0.2, 0.25) is 0 Å². The van der Waals surface area contributed by atoms with E-state index in [0.29, 0.717) is 16.7 Å². The zero-order chi connectivity index (χ0) is 16.9. The molecule has 0 N–H and O–H groups in total. The fourth-order valence-corrected chi connectivity index (χ4v) is 1.91. The lowest BCUT2D eigenvalue weighted by Gasteiger charge is -2.07. The molecule has 6 heteroatoms. The van der Waals surface area contributed by atoms with Gasteiger partial charge in [-0.25, -0.2) is 0 Å². The Bertz CT molecular complexity index is 789. The van der Waals surface area contributed by atoms with Crippen LogP contribution in [0.25, 0.3) is 12.2 Å². The van der Waals surface area contributed by atoms with Crippen molar-refractivity contribution >= 4 is 18.6 Å². The summed E-state index contributed by atoms with van der Waals surface area (Å²) in [5, 5.41) is 9.04. The van der Waals surface area contributed by atoms with Crippen LogP contribution in [0.4, 0.5) is 13.2 Å². The van der Waals surface area contributed by atoms with E-state index < -0.39 is 11.7 Å². The topological polar surface area (TPSA) is 50.1 Å². The monoisotopic (exact) mass is 317 g/mol. The van der Waals surface area contributed by atoms with E-state index in [0.717, 1.165) is 12.1 Å². The average Bonchev–Trinajstić information content (AvgIpc) is 2.53. The summed E-state index contributed by atoms with van der Waals surface area (Å²) in [6.07, 6.45) is -1.47. The minimum Gasteiger partial charge on any atom is -0.429 e. The summed E-state index contributed by atoms with van der Waals surface area (Å²) in [7, 11) is 0. The maximum atomic E-state index is 12.7. The predicted octanol–water partition coefficient (Wildman–Crippen LogP) is 4.28. The van der Waals surface area contributed by atoms with Crippen molar-refractivity contribution in [2.75, 3.05) is 0 Å². The first kappa shape index (κ1) is 16.3. The number of carbonyl (C=O) groups excluding carboxylic acids is 1. The van der Waals surface area contributed by atoms with Gasteiger partial charge < -0.3 is 4.74 Å². The van der Waals surface area contributed by atoms with Crippen molar-refractivity contribution in [3.8, 4) is 11.8 Å². The van der Waals surface area contributed by atoms with Gasteiger partial charge in [0.2, 0.25) is 0 Å². The van der Waals surface area contributed by atoms with E-state index in [4.69, 9.17) is 5.26 Å². The lowest BCUT2D eigenvalue weighted by molar-refractivity contribution is -0.137. The first-order valence-electron chi connectivity index (χ1n) is 6.44. The van der Waals surface area contributed by atoms with Crippen LogP contribution in [-0.4, -0.2) is 6.47 Å². The van der Waals surface area contributed by atoms with E-state index in [-0.39, 0.29) is 12.2 Å². The number of rotatable bonds is 4. The molecular weight excluding hydrogens is 307 g/mol. The third-order valence-corrected chi connectivity index (χ3v) is 3.00. The summed E-state index contributed by atoms with van der Waals surface area (Å²) >= 11 is 0. The highest BCUT2D eigenvalue weighted by Gasteiger charge is 2.30. The van der Waals surface area contributed by atoms with Crippen molar-refractivity contribution in [3.63, 3.8) is 0 Å². The Hall–Kier alpha value is -3.07. The molecule has 3 nitrogen and oxygen atoms in total. The number of hydrogen-bond acceptors (Lipinski definition) is 3. The van der Waals surface area contributed by atoms with Gasteiger partial charge >= 0.3 is 6.18 Å². The highest BCUT2D eigenvalue weighted by atomic mass is 19.4. The van der Waals surface area contributed by atoms with E-state index in [2.05, 4.69) is 4.74 Å². The van der Waals surface area contributed by atoms with Gasteiger partial charge in [-0.1, -0.05) is 24.3 Å². The third-order valence-electron chi connectivity index (χ3n) is 3.00. The quantitative estimate of drug-likeness (QED) is 0.624. The number of nitriles is 1. The van der Waals surface area contributed by atoms with Gasteiger partial charge in [0.25, 0.3) is 6.47 Å². The zero-order valence-corrected chi connectivity index (χ0v) is 11.7. The van der Waals surface area contributed by atoms with Gasteiger partial charge in [0.15, 0.2) is 0 Å². The van der Waals surface area contributed by atoms with E-state index in [1.54, 1.807) is 0 Å². The molecule has 0 aliphatic rings. The summed E-state index contributed by atoms with van der Waals surface area (Å²) in [6, 6.07) is 11.1. The van der Waals surface area contributed by atoms with E-state index in [1.807, 2.05) is 6.07 Å². The number of nitrogens with zero attached hydrogens (tertiary/aromatic N) is 1. The molecule has 2 aromatic carbocycles. The molecule has 0 radical (unpaired) electrons. The summed E-state index contributed by atoms with van der Waals surface area (Å²) in [6.45, 7) is 0.252. The molecule has 0 saturated heterocycles. The Kier molecular flexibility index (Phi) is 4.82. The number of carbonyl (C=O) groups is 1. The highest BCUT2D eigenvalue weighted by Crippen LogP contribution is 2.30. The smallest absolute Gasteiger partial charge is 0.416 e. The second-order valence-corrected chi connectivity index (χ2v) is 4.53. The standard InChI is InChI=1S/C17H10F3NO2/c18-17(19,20)15-3-1-2-12(8-15)4-5-13-9-16(23-11-22)7-6-14(13)10-21/h1-9,11H/b5-4+. The maximum Gasteiger partial charge on any atom is 0.416 e. The molecule has 23 heavy (non-hydrogen) atoms. The molecule has 0 aliphatic heterocycles. The van der Waals surface area contributed by atoms with Crippen LogP contribution in [0.1, 0.15) is 22.3 Å². The van der Waals surface area contributed by atoms with Crippen LogP contribution < -0.4 is 4.74 Å². The predicted molar refractivity (Wildman–Crippen MR) is 78.2 cm³/mol. The maximum absolute atomic E-state index is 12.7. The van der Waals surface area contributed by atoms with Gasteiger partial charge in [0.1, 0.15) is 5.75 Å². The van der Waals surface area contributed by atoms with Crippen LogP contribution in [0.15, 0.2) is 42.5 Å². The van der Waals surface area contributed by atoms with Crippen LogP contribution in [0, 0.1) is 11.3 Å². The van der Waals surface area contributed by atoms with E-state index in [1.165, 1.54) is 42.5 Å². The molecule has 0 aliphatic carbocycles. The van der Waals surface area contributed by atoms with Gasteiger partial charge in [-0.15, -0.1) is 0 Å². The fourth-order valence-electron chi connectivity index (χ4n) is 1.91. The molecule has 0 saturated carbocycles. The van der Waals surface area contributed by atoms with Gasteiger partial charge in [0, 0.05) is 0 Å². The van der Waals surface area contributed by atoms with Crippen LogP contribution >= 0.6 is 0 Å². The van der Waals surface area contributed by atoms with Crippen molar-refractivity contribution in [2.24, 2.45) is 0 Å². The molecule has 0 heterocycles. The Labute approximate surface area is 130 Å². The Morgan fingerprint density at radius 1 is 1.09 bits per heavy atom. The molecule has 0 bridgehead atoms. The Morgan fingerprint density at radius 3 is 2.52 bits per heavy atom. The largest absolute Gasteiger partial charge is 0.429 e. The number of alkyl halides is 3. The minimum absolute atomic E-state index is 0.239. The van der Waals surface area contributed by atoms with Crippen molar-refractivity contribution in [3.05, 3.63) is 64.7 Å². The first-order valence-corrected chi connectivity index (χ1v) is 6.44. The van der Waals surface area contributed by atoms with Crippen LogP contribution in [0.5, 0.6) is 5.75 Å². The molecule has 2 aromatic rings. The average molecular weight is 317 g/mol. The second-order valence-electron chi connectivity index (χ2n) is 4.53. The van der Waals surface area contributed by atoms with Gasteiger partial charge in [-0.05, 0) is 41.5 Å². The summed E-state index contributed by atoms with van der Waals surface area (Å²) < 4.78 is 42.7. The molecule has 0 spiro atoms. The number of ether oxygens (including phenoxy) is 1. The number of halogens is 3. The Balaban J connectivity index is 2.35. The fraction of sp³-hybridized carbons (Fsp3) is 0.0588. The molecule has 2 rings (SSSR count). The first-order chi connectivity index (χ1) is 10.9. The number of benzene rings is 2.